The maximum absolute atomic E-state index is 13.7. The summed E-state index contributed by atoms with van der Waals surface area (Å²) in [6, 6.07) is 13.7. The van der Waals surface area contributed by atoms with Crippen LogP contribution in [0.3, 0.4) is 0 Å². The summed E-state index contributed by atoms with van der Waals surface area (Å²) in [5.41, 5.74) is 1.59. The molecule has 4 nitrogen and oxygen atoms in total. The lowest BCUT2D eigenvalue weighted by atomic mass is 10.2. The number of carbonyl (C=O) groups excluding carboxylic acids is 1. The number of benzene rings is 2. The molecule has 7 heteroatoms. The lowest BCUT2D eigenvalue weighted by Crippen LogP contribution is -2.11. The SMILES string of the molecule is Cc1nn(-c2ccc(F)cc2)c2sc(C(=O)Nc3ccccc3F)cc12. The van der Waals surface area contributed by atoms with Crippen molar-refractivity contribution in [2.24, 2.45) is 0 Å². The number of thiophene rings is 1. The van der Waals surface area contributed by atoms with Crippen molar-refractivity contribution in [2.75, 3.05) is 5.32 Å². The first kappa shape index (κ1) is 16.4. The van der Waals surface area contributed by atoms with Crippen molar-refractivity contribution in [3.63, 3.8) is 0 Å². The fourth-order valence-electron chi connectivity index (χ4n) is 2.66. The topological polar surface area (TPSA) is 46.9 Å². The van der Waals surface area contributed by atoms with Crippen LogP contribution in [0.1, 0.15) is 15.4 Å². The van der Waals surface area contributed by atoms with Crippen LogP contribution in [0.4, 0.5) is 14.5 Å². The Labute approximate surface area is 151 Å². The van der Waals surface area contributed by atoms with E-state index in [0.29, 0.717) is 10.6 Å². The smallest absolute Gasteiger partial charge is 0.265 e. The number of aryl methyl sites for hydroxylation is 1. The Hall–Kier alpha value is -3.06. The number of hydrogen-bond acceptors (Lipinski definition) is 3. The van der Waals surface area contributed by atoms with E-state index in [2.05, 4.69) is 10.4 Å². The molecule has 0 saturated heterocycles. The largest absolute Gasteiger partial charge is 0.319 e. The van der Waals surface area contributed by atoms with Crippen LogP contribution in [0.15, 0.2) is 54.6 Å². The molecule has 4 rings (SSSR count). The van der Waals surface area contributed by atoms with Crippen molar-refractivity contribution in [3.8, 4) is 5.69 Å². The molecule has 0 spiro atoms. The number of rotatable bonds is 3. The molecular formula is C19H13F2N3OS. The summed E-state index contributed by atoms with van der Waals surface area (Å²) in [6.45, 7) is 1.84. The molecule has 130 valence electrons. The van der Waals surface area contributed by atoms with Crippen LogP contribution in [-0.4, -0.2) is 15.7 Å². The summed E-state index contributed by atoms with van der Waals surface area (Å²) in [6.07, 6.45) is 0. The zero-order valence-corrected chi connectivity index (χ0v) is 14.5. The second kappa shape index (κ2) is 6.34. The number of halogens is 2. The van der Waals surface area contributed by atoms with Gasteiger partial charge in [-0.3, -0.25) is 4.79 Å². The van der Waals surface area contributed by atoms with Gasteiger partial charge in [0.05, 0.1) is 21.9 Å². The van der Waals surface area contributed by atoms with Gasteiger partial charge in [0.1, 0.15) is 16.5 Å². The summed E-state index contributed by atoms with van der Waals surface area (Å²) in [4.78, 5) is 13.7. The van der Waals surface area contributed by atoms with Crippen LogP contribution in [0.25, 0.3) is 15.9 Å². The van der Waals surface area contributed by atoms with Gasteiger partial charge in [0.15, 0.2) is 0 Å². The Morgan fingerprint density at radius 1 is 1.12 bits per heavy atom. The number of anilines is 1. The van der Waals surface area contributed by atoms with Crippen LogP contribution < -0.4 is 5.32 Å². The van der Waals surface area contributed by atoms with Crippen molar-refractivity contribution < 1.29 is 13.6 Å². The van der Waals surface area contributed by atoms with Crippen LogP contribution in [0, 0.1) is 18.6 Å². The number of hydrogen-bond donors (Lipinski definition) is 1. The summed E-state index contributed by atoms with van der Waals surface area (Å²) >= 11 is 1.25. The number of nitrogens with zero attached hydrogens (tertiary/aromatic N) is 2. The van der Waals surface area contributed by atoms with Crippen molar-refractivity contribution in [2.45, 2.75) is 6.92 Å². The fourth-order valence-corrected chi connectivity index (χ4v) is 3.74. The highest BCUT2D eigenvalue weighted by Gasteiger charge is 2.18. The summed E-state index contributed by atoms with van der Waals surface area (Å²) < 4.78 is 28.6. The van der Waals surface area contributed by atoms with Crippen LogP contribution >= 0.6 is 11.3 Å². The van der Waals surface area contributed by atoms with E-state index in [9.17, 15) is 13.6 Å². The molecule has 26 heavy (non-hydrogen) atoms. The lowest BCUT2D eigenvalue weighted by molar-refractivity contribution is 0.103. The first-order valence-corrected chi connectivity index (χ1v) is 8.65. The molecule has 4 aromatic rings. The number of amides is 1. The number of fused-ring (bicyclic) bond motifs is 1. The average Bonchev–Trinajstić information content (AvgIpc) is 3.19. The number of nitrogens with one attached hydrogen (secondary N) is 1. The highest BCUT2D eigenvalue weighted by molar-refractivity contribution is 7.20. The van der Waals surface area contributed by atoms with Gasteiger partial charge in [-0.2, -0.15) is 5.10 Å². The molecular weight excluding hydrogens is 356 g/mol. The van der Waals surface area contributed by atoms with Gasteiger partial charge in [-0.1, -0.05) is 12.1 Å². The molecule has 0 atom stereocenters. The highest BCUT2D eigenvalue weighted by atomic mass is 32.1. The molecule has 2 aromatic carbocycles. The van der Waals surface area contributed by atoms with Crippen LogP contribution in [-0.2, 0) is 0 Å². The first-order chi connectivity index (χ1) is 12.5. The monoisotopic (exact) mass is 369 g/mol. The molecule has 0 bridgehead atoms. The number of carbonyl (C=O) groups is 1. The Bertz CT molecular complexity index is 1120. The van der Waals surface area contributed by atoms with Gasteiger partial charge in [-0.25, -0.2) is 13.5 Å². The first-order valence-electron chi connectivity index (χ1n) is 7.84. The third-order valence-electron chi connectivity index (χ3n) is 3.96. The summed E-state index contributed by atoms with van der Waals surface area (Å²) in [5, 5.41) is 7.87. The average molecular weight is 369 g/mol. The lowest BCUT2D eigenvalue weighted by Gasteiger charge is -2.04. The highest BCUT2D eigenvalue weighted by Crippen LogP contribution is 2.31. The third-order valence-corrected chi connectivity index (χ3v) is 5.07. The van der Waals surface area contributed by atoms with Gasteiger partial charge in [0, 0.05) is 5.39 Å². The van der Waals surface area contributed by atoms with Gasteiger partial charge < -0.3 is 5.32 Å². The maximum Gasteiger partial charge on any atom is 0.265 e. The minimum absolute atomic E-state index is 0.131. The molecule has 1 amide bonds. The van der Waals surface area contributed by atoms with Gasteiger partial charge in [0.2, 0.25) is 0 Å². The van der Waals surface area contributed by atoms with E-state index in [1.54, 1.807) is 35.0 Å². The second-order valence-electron chi connectivity index (χ2n) is 5.74. The van der Waals surface area contributed by atoms with Gasteiger partial charge in [0.25, 0.3) is 5.91 Å². The second-order valence-corrected chi connectivity index (χ2v) is 6.77. The Morgan fingerprint density at radius 2 is 1.85 bits per heavy atom. The molecule has 2 aromatic heterocycles. The van der Waals surface area contributed by atoms with E-state index >= 15 is 0 Å². The van der Waals surface area contributed by atoms with Gasteiger partial charge in [-0.15, -0.1) is 11.3 Å². The van der Waals surface area contributed by atoms with Crippen molar-refractivity contribution in [1.82, 2.24) is 9.78 Å². The van der Waals surface area contributed by atoms with Gasteiger partial charge in [-0.05, 0) is 49.4 Å². The van der Waals surface area contributed by atoms with Gasteiger partial charge >= 0.3 is 0 Å². The molecule has 2 heterocycles. The minimum Gasteiger partial charge on any atom is -0.319 e. The van der Waals surface area contributed by atoms with E-state index in [4.69, 9.17) is 0 Å². The molecule has 0 aliphatic carbocycles. The summed E-state index contributed by atoms with van der Waals surface area (Å²) in [7, 11) is 0. The summed E-state index contributed by atoms with van der Waals surface area (Å²) in [5.74, 6) is -1.21. The Morgan fingerprint density at radius 3 is 2.58 bits per heavy atom. The van der Waals surface area contributed by atoms with E-state index in [-0.39, 0.29) is 17.4 Å². The maximum atomic E-state index is 13.7. The molecule has 0 saturated carbocycles. The number of para-hydroxylation sites is 1. The van der Waals surface area contributed by atoms with E-state index in [1.165, 1.54) is 35.6 Å². The molecule has 0 fully saturated rings. The fraction of sp³-hybridized carbons (Fsp3) is 0.0526. The molecule has 0 aliphatic rings. The molecule has 0 radical (unpaired) electrons. The zero-order valence-electron chi connectivity index (χ0n) is 13.7. The number of aromatic nitrogens is 2. The third kappa shape index (κ3) is 2.86. The van der Waals surface area contributed by atoms with Crippen LogP contribution in [0.2, 0.25) is 0 Å². The zero-order chi connectivity index (χ0) is 18.3. The Balaban J connectivity index is 1.72. The predicted octanol–water partition coefficient (Wildman–Crippen LogP) is 4.93. The van der Waals surface area contributed by atoms with E-state index in [1.807, 2.05) is 6.92 Å². The normalized spacial score (nSPS) is 11.0. The minimum atomic E-state index is -0.490. The van der Waals surface area contributed by atoms with Crippen molar-refractivity contribution in [1.29, 1.82) is 0 Å². The Kier molecular flexibility index (Phi) is 4.00. The van der Waals surface area contributed by atoms with Crippen molar-refractivity contribution in [3.05, 3.63) is 76.8 Å². The van der Waals surface area contributed by atoms with E-state index in [0.717, 1.165) is 15.9 Å². The van der Waals surface area contributed by atoms with E-state index < -0.39 is 5.82 Å². The molecule has 1 N–H and O–H groups in total. The molecule has 0 aliphatic heterocycles. The standard InChI is InChI=1S/C19H13F2N3OS/c1-11-14-10-17(18(25)22-16-5-3-2-4-15(16)21)26-19(14)24(23-11)13-8-6-12(20)7-9-13/h2-10H,1H3,(H,22,25). The van der Waals surface area contributed by atoms with Crippen molar-refractivity contribution >= 4 is 33.1 Å². The molecule has 0 unspecified atom stereocenters. The van der Waals surface area contributed by atoms with Crippen LogP contribution in [0.5, 0.6) is 0 Å². The predicted molar refractivity (Wildman–Crippen MR) is 98.0 cm³/mol. The quantitative estimate of drug-likeness (QED) is 0.557.